The second-order valence-electron chi connectivity index (χ2n) is 6.60. The Morgan fingerprint density at radius 3 is 2.43 bits per heavy atom. The van der Waals surface area contributed by atoms with Gasteiger partial charge >= 0.3 is 5.97 Å². The van der Waals surface area contributed by atoms with Gasteiger partial charge in [0.25, 0.3) is 11.5 Å². The van der Waals surface area contributed by atoms with Crippen molar-refractivity contribution in [3.05, 3.63) is 70.6 Å². The lowest BCUT2D eigenvalue weighted by molar-refractivity contribution is -0.126. The fraction of sp³-hybridized carbons (Fsp3) is 0.227. The zero-order valence-corrected chi connectivity index (χ0v) is 16.6. The van der Waals surface area contributed by atoms with E-state index in [2.05, 4.69) is 5.10 Å². The van der Waals surface area contributed by atoms with Crippen LogP contribution in [0, 0.1) is 11.3 Å². The third-order valence-corrected chi connectivity index (χ3v) is 4.56. The lowest BCUT2D eigenvalue weighted by Crippen LogP contribution is -2.41. The first-order valence-electron chi connectivity index (χ1n) is 9.34. The number of ether oxygens (including phenoxy) is 1. The van der Waals surface area contributed by atoms with E-state index in [0.29, 0.717) is 16.5 Å². The number of amides is 1. The minimum Gasteiger partial charge on any atom is -0.448 e. The van der Waals surface area contributed by atoms with Crippen LogP contribution in [-0.4, -0.2) is 34.3 Å². The van der Waals surface area contributed by atoms with Gasteiger partial charge in [-0.25, -0.2) is 9.48 Å². The number of hydrogen-bond donors (Lipinski definition) is 0. The molecule has 0 N–H and O–H groups in total. The summed E-state index contributed by atoms with van der Waals surface area (Å²) in [6, 6.07) is 17.5. The molecule has 1 atom stereocenters. The molecular formula is C22H20N4O4. The van der Waals surface area contributed by atoms with Gasteiger partial charge in [0, 0.05) is 24.7 Å². The monoisotopic (exact) mass is 404 g/mol. The van der Waals surface area contributed by atoms with Gasteiger partial charge in [-0.15, -0.1) is 0 Å². The Balaban J connectivity index is 1.87. The molecule has 1 aromatic heterocycles. The number of aryl methyl sites for hydroxylation is 1. The third kappa shape index (κ3) is 4.20. The minimum atomic E-state index is -1.12. The Labute approximate surface area is 172 Å². The summed E-state index contributed by atoms with van der Waals surface area (Å²) in [7, 11) is 1.44. The molecule has 152 valence electrons. The molecule has 0 aliphatic carbocycles. The Morgan fingerprint density at radius 1 is 1.13 bits per heavy atom. The summed E-state index contributed by atoms with van der Waals surface area (Å²) in [6.45, 7) is 1.63. The smallest absolute Gasteiger partial charge is 0.360 e. The largest absolute Gasteiger partial charge is 0.448 e. The molecule has 2 aromatic carbocycles. The summed E-state index contributed by atoms with van der Waals surface area (Å²) >= 11 is 0. The lowest BCUT2D eigenvalue weighted by Gasteiger charge is -2.25. The quantitative estimate of drug-likeness (QED) is 0.584. The maximum absolute atomic E-state index is 13.0. The van der Waals surface area contributed by atoms with E-state index in [0.717, 1.165) is 4.68 Å². The first kappa shape index (κ1) is 20.7. The van der Waals surface area contributed by atoms with Gasteiger partial charge in [-0.2, -0.15) is 10.4 Å². The maximum Gasteiger partial charge on any atom is 0.360 e. The van der Waals surface area contributed by atoms with Crippen LogP contribution >= 0.6 is 0 Å². The van der Waals surface area contributed by atoms with Crippen molar-refractivity contribution < 1.29 is 14.3 Å². The van der Waals surface area contributed by atoms with E-state index < -0.39 is 18.0 Å². The normalized spacial score (nSPS) is 11.5. The van der Waals surface area contributed by atoms with Crippen molar-refractivity contribution in [1.29, 1.82) is 5.26 Å². The number of rotatable bonds is 6. The van der Waals surface area contributed by atoms with Crippen LogP contribution in [0.2, 0.25) is 0 Å². The molecule has 3 rings (SSSR count). The number of carbonyl (C=O) groups is 2. The van der Waals surface area contributed by atoms with Gasteiger partial charge in [0.05, 0.1) is 17.9 Å². The Kier molecular flexibility index (Phi) is 6.23. The van der Waals surface area contributed by atoms with E-state index in [1.165, 1.54) is 18.9 Å². The van der Waals surface area contributed by atoms with Crippen LogP contribution in [0.4, 0.5) is 5.69 Å². The van der Waals surface area contributed by atoms with Crippen LogP contribution in [0.15, 0.2) is 59.4 Å². The van der Waals surface area contributed by atoms with Crippen LogP contribution in [-0.2, 0) is 16.6 Å². The van der Waals surface area contributed by atoms with Gasteiger partial charge in [-0.3, -0.25) is 9.59 Å². The number of carbonyl (C=O) groups excluding carboxylic acids is 2. The van der Waals surface area contributed by atoms with Crippen molar-refractivity contribution in [1.82, 2.24) is 9.78 Å². The number of fused-ring (bicyclic) bond motifs is 1. The van der Waals surface area contributed by atoms with Gasteiger partial charge < -0.3 is 9.64 Å². The molecule has 1 heterocycles. The lowest BCUT2D eigenvalue weighted by atomic mass is 10.1. The molecule has 0 radical (unpaired) electrons. The highest BCUT2D eigenvalue weighted by Crippen LogP contribution is 2.18. The van der Waals surface area contributed by atoms with Crippen molar-refractivity contribution in [2.24, 2.45) is 7.05 Å². The van der Waals surface area contributed by atoms with E-state index in [1.807, 2.05) is 12.1 Å². The van der Waals surface area contributed by atoms with Crippen LogP contribution in [0.25, 0.3) is 10.8 Å². The molecule has 30 heavy (non-hydrogen) atoms. The van der Waals surface area contributed by atoms with Gasteiger partial charge in [-0.1, -0.05) is 36.4 Å². The zero-order chi connectivity index (χ0) is 21.7. The van der Waals surface area contributed by atoms with E-state index in [4.69, 9.17) is 10.00 Å². The number of esters is 1. The molecule has 0 aliphatic heterocycles. The first-order chi connectivity index (χ1) is 14.4. The topological polar surface area (TPSA) is 105 Å². The predicted molar refractivity (Wildman–Crippen MR) is 111 cm³/mol. The van der Waals surface area contributed by atoms with Crippen molar-refractivity contribution in [2.75, 3.05) is 11.4 Å². The highest BCUT2D eigenvalue weighted by atomic mass is 16.5. The summed E-state index contributed by atoms with van der Waals surface area (Å²) in [6.07, 6.45) is -0.983. The molecule has 1 amide bonds. The van der Waals surface area contributed by atoms with Crippen molar-refractivity contribution in [3.63, 3.8) is 0 Å². The van der Waals surface area contributed by atoms with Gasteiger partial charge in [0.1, 0.15) is 0 Å². The highest BCUT2D eigenvalue weighted by molar-refractivity contribution is 6.04. The summed E-state index contributed by atoms with van der Waals surface area (Å²) < 4.78 is 6.46. The van der Waals surface area contributed by atoms with Crippen molar-refractivity contribution in [3.8, 4) is 6.07 Å². The molecule has 0 spiro atoms. The standard InChI is InChI=1S/C22H20N4O4/c1-15(20(27)26(14-8-13-23)16-9-4-3-5-10-16)30-22(29)19-17-11-6-7-12-18(17)21(28)25(2)24-19/h3-7,9-12,15H,8,14H2,1-2H3/t15-/m1/s1. The second-order valence-corrected chi connectivity index (χ2v) is 6.60. The van der Waals surface area contributed by atoms with Crippen molar-refractivity contribution in [2.45, 2.75) is 19.4 Å². The number of para-hydroxylation sites is 1. The number of hydrogen-bond acceptors (Lipinski definition) is 6. The number of benzene rings is 2. The van der Waals surface area contributed by atoms with Gasteiger partial charge in [0.15, 0.2) is 11.8 Å². The summed E-state index contributed by atoms with van der Waals surface area (Å²) in [4.78, 5) is 39.4. The van der Waals surface area contributed by atoms with E-state index in [1.54, 1.807) is 48.5 Å². The Bertz CT molecular complexity index is 1180. The number of aromatic nitrogens is 2. The van der Waals surface area contributed by atoms with Crippen molar-refractivity contribution >= 4 is 28.3 Å². The fourth-order valence-corrected chi connectivity index (χ4v) is 3.07. The summed E-state index contributed by atoms with van der Waals surface area (Å²) in [5.74, 6) is -1.27. The SMILES string of the molecule is C[C@@H](OC(=O)c1nn(C)c(=O)c2ccccc12)C(=O)N(CCC#N)c1ccccc1. The van der Waals surface area contributed by atoms with E-state index >= 15 is 0 Å². The molecular weight excluding hydrogens is 384 g/mol. The molecule has 8 nitrogen and oxygen atoms in total. The third-order valence-electron chi connectivity index (χ3n) is 4.56. The average molecular weight is 404 g/mol. The van der Waals surface area contributed by atoms with E-state index in [9.17, 15) is 14.4 Å². The Morgan fingerprint density at radius 2 is 1.77 bits per heavy atom. The number of anilines is 1. The summed E-state index contributed by atoms with van der Waals surface area (Å²) in [5, 5.41) is 13.6. The molecule has 0 saturated heterocycles. The molecule has 8 heteroatoms. The highest BCUT2D eigenvalue weighted by Gasteiger charge is 2.27. The van der Waals surface area contributed by atoms with Crippen LogP contribution < -0.4 is 10.5 Å². The molecule has 0 unspecified atom stereocenters. The van der Waals surface area contributed by atoms with Crippen LogP contribution in [0.5, 0.6) is 0 Å². The molecule has 0 saturated carbocycles. The van der Waals surface area contributed by atoms with Gasteiger partial charge in [0.2, 0.25) is 0 Å². The Hall–Kier alpha value is -3.99. The summed E-state index contributed by atoms with van der Waals surface area (Å²) in [5.41, 5.74) is 0.222. The molecule has 0 bridgehead atoms. The number of nitriles is 1. The number of nitrogens with zero attached hydrogens (tertiary/aromatic N) is 4. The molecule has 3 aromatic rings. The molecule has 0 aliphatic rings. The molecule has 0 fully saturated rings. The minimum absolute atomic E-state index is 0.0457. The van der Waals surface area contributed by atoms with Crippen LogP contribution in [0.3, 0.4) is 0 Å². The first-order valence-corrected chi connectivity index (χ1v) is 9.34. The maximum atomic E-state index is 13.0. The zero-order valence-electron chi connectivity index (χ0n) is 16.6. The fourth-order valence-electron chi connectivity index (χ4n) is 3.07. The average Bonchev–Trinajstić information content (AvgIpc) is 2.77. The second kappa shape index (κ2) is 9.01. The predicted octanol–water partition coefficient (Wildman–Crippen LogP) is 2.43. The van der Waals surface area contributed by atoms with Gasteiger partial charge in [-0.05, 0) is 25.1 Å². The van der Waals surface area contributed by atoms with Crippen LogP contribution in [0.1, 0.15) is 23.8 Å². The van der Waals surface area contributed by atoms with E-state index in [-0.39, 0.29) is 24.2 Å².